The lowest BCUT2D eigenvalue weighted by Crippen LogP contribution is -2.52. The zero-order chi connectivity index (χ0) is 20.7. The summed E-state index contributed by atoms with van der Waals surface area (Å²) in [7, 11) is 0. The third-order valence-corrected chi connectivity index (χ3v) is 6.39. The molecule has 2 aliphatic heterocycles. The lowest BCUT2D eigenvalue weighted by Gasteiger charge is -2.51. The number of nitrogens with zero attached hydrogens (tertiary/aromatic N) is 1. The van der Waals surface area contributed by atoms with Gasteiger partial charge in [-0.2, -0.15) is 0 Å². The highest BCUT2D eigenvalue weighted by Crippen LogP contribution is 2.54. The molecule has 154 valence electrons. The van der Waals surface area contributed by atoms with E-state index in [1.54, 1.807) is 24.0 Å². The van der Waals surface area contributed by atoms with Gasteiger partial charge in [-0.05, 0) is 58.6 Å². The summed E-state index contributed by atoms with van der Waals surface area (Å²) in [5.74, 6) is -0.346. The van der Waals surface area contributed by atoms with Gasteiger partial charge in [0.05, 0.1) is 12.0 Å². The molecular weight excluding hydrogens is 358 g/mol. The van der Waals surface area contributed by atoms with Crippen LogP contribution in [-0.4, -0.2) is 47.4 Å². The van der Waals surface area contributed by atoms with E-state index in [1.807, 2.05) is 26.8 Å². The molecule has 0 aromatic carbocycles. The van der Waals surface area contributed by atoms with Crippen LogP contribution in [0.2, 0.25) is 0 Å². The van der Waals surface area contributed by atoms with Crippen molar-refractivity contribution in [1.29, 1.82) is 0 Å². The minimum atomic E-state index is -1.05. The van der Waals surface area contributed by atoms with E-state index in [2.05, 4.69) is 6.58 Å². The van der Waals surface area contributed by atoms with Gasteiger partial charge in [0, 0.05) is 24.4 Å². The van der Waals surface area contributed by atoms with Gasteiger partial charge in [-0.15, -0.1) is 0 Å². The maximum Gasteiger partial charge on any atom is 0.410 e. The molecule has 0 saturated carbocycles. The second kappa shape index (κ2) is 6.98. The Bertz CT molecular complexity index is 737. The molecule has 0 aromatic heterocycles. The number of rotatable bonds is 2. The molecule has 6 nitrogen and oxygen atoms in total. The molecule has 1 N–H and O–H groups in total. The van der Waals surface area contributed by atoms with E-state index in [1.165, 1.54) is 0 Å². The number of fused-ring (bicyclic) bond motifs is 1. The summed E-state index contributed by atoms with van der Waals surface area (Å²) in [6.45, 7) is 12.9. The van der Waals surface area contributed by atoms with Gasteiger partial charge >= 0.3 is 12.1 Å². The number of allylic oxidation sites excluding steroid dienone is 4. The number of carboxylic acids is 1. The standard InChI is InChI=1S/C22H31NO5/c1-6-15-7-8-17-16(21(15,5)18(24)25)13-22(14-27-17)9-11-23(12-10-22)19(26)28-20(2,3)4/h6-8,16H,1,9-14H2,2-5H3,(H,24,25). The van der Waals surface area contributed by atoms with E-state index in [4.69, 9.17) is 9.47 Å². The summed E-state index contributed by atoms with van der Waals surface area (Å²) in [5.41, 5.74) is -0.984. The minimum Gasteiger partial charge on any atom is -0.497 e. The molecule has 3 aliphatic rings. The second-order valence-corrected chi connectivity index (χ2v) is 9.42. The van der Waals surface area contributed by atoms with E-state index < -0.39 is 17.0 Å². The van der Waals surface area contributed by atoms with Crippen molar-refractivity contribution in [3.8, 4) is 0 Å². The minimum absolute atomic E-state index is 0.124. The first kappa shape index (κ1) is 20.5. The van der Waals surface area contributed by atoms with Crippen LogP contribution in [0.3, 0.4) is 0 Å². The van der Waals surface area contributed by atoms with Crippen LogP contribution in [0.1, 0.15) is 47.0 Å². The Hall–Kier alpha value is -2.24. The van der Waals surface area contributed by atoms with Crippen molar-refractivity contribution >= 4 is 12.1 Å². The topological polar surface area (TPSA) is 76.1 Å². The molecule has 6 heteroatoms. The number of carbonyl (C=O) groups is 2. The van der Waals surface area contributed by atoms with Crippen LogP contribution in [0.4, 0.5) is 4.79 Å². The van der Waals surface area contributed by atoms with Crippen LogP contribution in [0.15, 0.2) is 36.1 Å². The first-order chi connectivity index (χ1) is 13.0. The first-order valence-electron chi connectivity index (χ1n) is 9.90. The Morgan fingerprint density at radius 3 is 2.50 bits per heavy atom. The molecular formula is C22H31NO5. The van der Waals surface area contributed by atoms with Gasteiger partial charge in [0.15, 0.2) is 0 Å². The summed E-state index contributed by atoms with van der Waals surface area (Å²) in [5, 5.41) is 10.0. The third-order valence-electron chi connectivity index (χ3n) is 6.39. The number of amides is 1. The molecule has 28 heavy (non-hydrogen) atoms. The Labute approximate surface area is 166 Å². The van der Waals surface area contributed by atoms with Gasteiger partial charge in [-0.3, -0.25) is 4.79 Å². The van der Waals surface area contributed by atoms with Gasteiger partial charge in [-0.25, -0.2) is 4.79 Å². The van der Waals surface area contributed by atoms with Crippen molar-refractivity contribution in [1.82, 2.24) is 4.90 Å². The molecule has 2 heterocycles. The van der Waals surface area contributed by atoms with Crippen LogP contribution in [0, 0.1) is 16.7 Å². The van der Waals surface area contributed by atoms with E-state index in [-0.39, 0.29) is 17.4 Å². The van der Waals surface area contributed by atoms with Crippen LogP contribution in [0.5, 0.6) is 0 Å². The molecule has 2 fully saturated rings. The van der Waals surface area contributed by atoms with Crippen LogP contribution in [0.25, 0.3) is 0 Å². The van der Waals surface area contributed by atoms with E-state index >= 15 is 0 Å². The fraction of sp³-hybridized carbons (Fsp3) is 0.636. The summed E-state index contributed by atoms with van der Waals surface area (Å²) in [4.78, 5) is 26.3. The average Bonchev–Trinajstić information content (AvgIpc) is 2.61. The summed E-state index contributed by atoms with van der Waals surface area (Å²) in [6, 6.07) is 0. The summed E-state index contributed by atoms with van der Waals surface area (Å²) >= 11 is 0. The van der Waals surface area contributed by atoms with Crippen LogP contribution in [-0.2, 0) is 14.3 Å². The molecule has 0 radical (unpaired) electrons. The normalized spacial score (nSPS) is 29.1. The Balaban J connectivity index is 1.75. The van der Waals surface area contributed by atoms with E-state index in [0.717, 1.165) is 25.0 Å². The average molecular weight is 389 g/mol. The number of carboxylic acid groups (broad SMARTS) is 1. The largest absolute Gasteiger partial charge is 0.497 e. The predicted octanol–water partition coefficient (Wildman–Crippen LogP) is 4.14. The highest BCUT2D eigenvalue weighted by atomic mass is 16.6. The summed E-state index contributed by atoms with van der Waals surface area (Å²) < 4.78 is 11.6. The number of hydrogen-bond acceptors (Lipinski definition) is 4. The number of piperidine rings is 1. The van der Waals surface area contributed by atoms with Crippen molar-refractivity contribution in [3.05, 3.63) is 36.1 Å². The van der Waals surface area contributed by atoms with Crippen LogP contribution < -0.4 is 0 Å². The van der Waals surface area contributed by atoms with Crippen molar-refractivity contribution in [2.24, 2.45) is 16.7 Å². The van der Waals surface area contributed by atoms with Gasteiger partial charge in [0.25, 0.3) is 0 Å². The number of carbonyl (C=O) groups excluding carboxylic acids is 1. The highest BCUT2D eigenvalue weighted by molar-refractivity contribution is 5.81. The number of likely N-dealkylation sites (tertiary alicyclic amines) is 1. The molecule has 1 spiro atoms. The van der Waals surface area contributed by atoms with E-state index in [0.29, 0.717) is 25.3 Å². The van der Waals surface area contributed by atoms with Crippen molar-refractivity contribution < 1.29 is 24.2 Å². The SMILES string of the molecule is C=CC1=CC=C2OCC3(CCN(C(=O)OC(C)(C)C)CC3)CC2C1(C)C(=O)O. The fourth-order valence-electron chi connectivity index (χ4n) is 4.52. The quantitative estimate of drug-likeness (QED) is 0.768. The van der Waals surface area contributed by atoms with Crippen molar-refractivity contribution in [2.45, 2.75) is 52.6 Å². The van der Waals surface area contributed by atoms with Gasteiger partial charge in [0.2, 0.25) is 0 Å². The predicted molar refractivity (Wildman–Crippen MR) is 106 cm³/mol. The molecule has 2 saturated heterocycles. The van der Waals surface area contributed by atoms with Gasteiger partial charge in [0.1, 0.15) is 11.4 Å². The third kappa shape index (κ3) is 3.56. The number of aliphatic carboxylic acids is 1. The molecule has 1 amide bonds. The maximum absolute atomic E-state index is 12.4. The maximum atomic E-state index is 12.4. The van der Waals surface area contributed by atoms with Gasteiger partial charge in [-0.1, -0.05) is 18.7 Å². The Morgan fingerprint density at radius 2 is 1.96 bits per heavy atom. The molecule has 1 aliphatic carbocycles. The zero-order valence-electron chi connectivity index (χ0n) is 17.3. The van der Waals surface area contributed by atoms with E-state index in [9.17, 15) is 14.7 Å². The lowest BCUT2D eigenvalue weighted by molar-refractivity contribution is -0.152. The Kier molecular flexibility index (Phi) is 5.11. The monoisotopic (exact) mass is 389 g/mol. The first-order valence-corrected chi connectivity index (χ1v) is 9.90. The molecule has 2 unspecified atom stereocenters. The molecule has 2 atom stereocenters. The lowest BCUT2D eigenvalue weighted by atomic mass is 9.59. The molecule has 0 aromatic rings. The number of hydrogen-bond donors (Lipinski definition) is 1. The number of ether oxygens (including phenoxy) is 2. The highest BCUT2D eigenvalue weighted by Gasteiger charge is 2.54. The summed E-state index contributed by atoms with van der Waals surface area (Å²) in [6.07, 6.45) is 7.32. The van der Waals surface area contributed by atoms with Crippen LogP contribution >= 0.6 is 0 Å². The second-order valence-electron chi connectivity index (χ2n) is 9.42. The fourth-order valence-corrected chi connectivity index (χ4v) is 4.52. The van der Waals surface area contributed by atoms with Crippen molar-refractivity contribution in [2.75, 3.05) is 19.7 Å². The zero-order valence-corrected chi connectivity index (χ0v) is 17.3. The van der Waals surface area contributed by atoms with Crippen molar-refractivity contribution in [3.63, 3.8) is 0 Å². The molecule has 3 rings (SSSR count). The smallest absolute Gasteiger partial charge is 0.410 e. The van der Waals surface area contributed by atoms with Gasteiger partial charge < -0.3 is 19.5 Å². The Morgan fingerprint density at radius 1 is 1.32 bits per heavy atom. The molecule has 0 bridgehead atoms.